The number of fused-ring (bicyclic) bond motifs is 1. The number of rotatable bonds is 5. The van der Waals surface area contributed by atoms with Crippen LogP contribution in [0.4, 0.5) is 5.69 Å². The summed E-state index contributed by atoms with van der Waals surface area (Å²) >= 11 is 5.87. The molecule has 130 valence electrons. The lowest BCUT2D eigenvalue weighted by Gasteiger charge is -2.24. The third-order valence-corrected chi connectivity index (χ3v) is 4.45. The summed E-state index contributed by atoms with van der Waals surface area (Å²) in [4.78, 5) is 26.7. The van der Waals surface area contributed by atoms with E-state index in [1.54, 1.807) is 12.1 Å². The summed E-state index contributed by atoms with van der Waals surface area (Å²) in [5.41, 5.74) is 2.71. The minimum atomic E-state index is -0.563. The van der Waals surface area contributed by atoms with Crippen molar-refractivity contribution in [2.45, 2.75) is 19.0 Å². The van der Waals surface area contributed by atoms with Gasteiger partial charge in [-0.25, -0.2) is 0 Å². The highest BCUT2D eigenvalue weighted by Crippen LogP contribution is 2.32. The number of halogens is 1. The van der Waals surface area contributed by atoms with Gasteiger partial charge in [0.25, 0.3) is 5.91 Å². The zero-order chi connectivity index (χ0) is 17.8. The van der Waals surface area contributed by atoms with Crippen LogP contribution in [0.25, 0.3) is 0 Å². The van der Waals surface area contributed by atoms with Gasteiger partial charge in [0, 0.05) is 30.8 Å². The molecule has 0 fully saturated rings. The number of para-hydroxylation sites is 1. The summed E-state index contributed by atoms with van der Waals surface area (Å²) in [6.07, 6.45) is 0.498. The number of anilines is 1. The number of nitrogens with one attached hydrogen (secondary N) is 1. The fourth-order valence-electron chi connectivity index (χ4n) is 3.01. The first-order valence-corrected chi connectivity index (χ1v) is 8.39. The zero-order valence-electron chi connectivity index (χ0n) is 13.9. The molecule has 2 aromatic rings. The van der Waals surface area contributed by atoms with Crippen LogP contribution in [0.3, 0.4) is 0 Å². The average molecular weight is 359 g/mol. The quantitative estimate of drug-likeness (QED) is 0.893. The third kappa shape index (κ3) is 3.83. The van der Waals surface area contributed by atoms with E-state index in [9.17, 15) is 9.59 Å². The molecule has 1 aliphatic rings. The number of ether oxygens (including phenoxy) is 1. The molecule has 0 aromatic heterocycles. The predicted octanol–water partition coefficient (Wildman–Crippen LogP) is 2.56. The number of carbonyl (C=O) groups excluding carboxylic acids is 2. The van der Waals surface area contributed by atoms with E-state index in [-0.39, 0.29) is 18.4 Å². The average Bonchev–Trinajstić information content (AvgIpc) is 3.01. The summed E-state index contributed by atoms with van der Waals surface area (Å²) < 4.78 is 4.96. The molecule has 2 aromatic carbocycles. The molecule has 0 spiro atoms. The van der Waals surface area contributed by atoms with Gasteiger partial charge < -0.3 is 10.1 Å². The van der Waals surface area contributed by atoms with Gasteiger partial charge in [-0.15, -0.1) is 0 Å². The van der Waals surface area contributed by atoms with E-state index in [1.165, 1.54) is 12.0 Å². The Morgan fingerprint density at radius 3 is 2.64 bits per heavy atom. The molecule has 5 nitrogen and oxygen atoms in total. The second-order valence-electron chi connectivity index (χ2n) is 5.89. The molecule has 1 atom stereocenters. The van der Waals surface area contributed by atoms with Crippen LogP contribution in [0.2, 0.25) is 5.02 Å². The van der Waals surface area contributed by atoms with E-state index in [2.05, 4.69) is 5.32 Å². The molecule has 6 heteroatoms. The predicted molar refractivity (Wildman–Crippen MR) is 96.6 cm³/mol. The molecule has 0 bridgehead atoms. The van der Waals surface area contributed by atoms with Crippen molar-refractivity contribution in [1.29, 1.82) is 0 Å². The zero-order valence-corrected chi connectivity index (χ0v) is 14.6. The van der Waals surface area contributed by atoms with Gasteiger partial charge in [0.1, 0.15) is 12.6 Å². The Hall–Kier alpha value is -2.37. The number of hydrogen-bond donors (Lipinski definition) is 1. The molecule has 0 radical (unpaired) electrons. The van der Waals surface area contributed by atoms with Gasteiger partial charge >= 0.3 is 0 Å². The Balaban J connectivity index is 1.74. The number of amides is 2. The highest BCUT2D eigenvalue weighted by Gasteiger charge is 2.37. The van der Waals surface area contributed by atoms with Crippen LogP contribution in [0, 0.1) is 0 Å². The molecule has 1 aliphatic heterocycles. The number of carbonyl (C=O) groups is 2. The maximum absolute atomic E-state index is 12.7. The van der Waals surface area contributed by atoms with Gasteiger partial charge in [-0.2, -0.15) is 0 Å². The van der Waals surface area contributed by atoms with Crippen LogP contribution >= 0.6 is 11.6 Å². The Morgan fingerprint density at radius 2 is 1.92 bits per heavy atom. The van der Waals surface area contributed by atoms with E-state index in [1.807, 2.05) is 36.4 Å². The first kappa shape index (κ1) is 17.5. The molecular weight excluding hydrogens is 340 g/mol. The molecular formula is C19H19ClN2O3. The fraction of sp³-hybridized carbons (Fsp3) is 0.263. The minimum absolute atomic E-state index is 0.0602. The van der Waals surface area contributed by atoms with E-state index in [0.29, 0.717) is 18.0 Å². The Labute approximate surface area is 151 Å². The molecule has 0 saturated carbocycles. The molecule has 3 rings (SSSR count). The Kier molecular flexibility index (Phi) is 5.36. The third-order valence-electron chi connectivity index (χ3n) is 4.20. The minimum Gasteiger partial charge on any atom is -0.375 e. The van der Waals surface area contributed by atoms with Crippen LogP contribution < -0.4 is 10.2 Å². The van der Waals surface area contributed by atoms with Crippen molar-refractivity contribution in [3.8, 4) is 0 Å². The SMILES string of the molecule is COCC(=O)N1c2ccccc2CC1C(=O)NCc1ccc(Cl)cc1. The first-order valence-electron chi connectivity index (χ1n) is 8.01. The van der Waals surface area contributed by atoms with Gasteiger partial charge in [0.2, 0.25) is 5.91 Å². The molecule has 1 unspecified atom stereocenters. The maximum atomic E-state index is 12.7. The van der Waals surface area contributed by atoms with Crippen molar-refractivity contribution in [1.82, 2.24) is 5.32 Å². The second-order valence-corrected chi connectivity index (χ2v) is 6.33. The van der Waals surface area contributed by atoms with Gasteiger partial charge in [0.05, 0.1) is 0 Å². The van der Waals surface area contributed by atoms with Crippen molar-refractivity contribution in [2.24, 2.45) is 0 Å². The van der Waals surface area contributed by atoms with Crippen LogP contribution in [-0.2, 0) is 27.3 Å². The molecule has 2 amide bonds. The summed E-state index contributed by atoms with van der Waals surface area (Å²) in [6, 6.07) is 14.3. The smallest absolute Gasteiger partial charge is 0.253 e. The lowest BCUT2D eigenvalue weighted by atomic mass is 10.1. The first-order chi connectivity index (χ1) is 12.1. The van der Waals surface area contributed by atoms with E-state index in [0.717, 1.165) is 16.8 Å². The Bertz CT molecular complexity index is 776. The van der Waals surface area contributed by atoms with Gasteiger partial charge in [-0.3, -0.25) is 14.5 Å². The summed E-state index contributed by atoms with van der Waals surface area (Å²) in [5, 5.41) is 3.56. The van der Waals surface area contributed by atoms with Crippen molar-refractivity contribution in [3.05, 3.63) is 64.7 Å². The highest BCUT2D eigenvalue weighted by molar-refractivity contribution is 6.30. The largest absolute Gasteiger partial charge is 0.375 e. The van der Waals surface area contributed by atoms with Crippen LogP contribution in [-0.4, -0.2) is 31.6 Å². The molecule has 0 saturated heterocycles. The topological polar surface area (TPSA) is 58.6 Å². The normalized spacial score (nSPS) is 15.8. The van der Waals surface area contributed by atoms with Crippen LogP contribution in [0.5, 0.6) is 0 Å². The van der Waals surface area contributed by atoms with Gasteiger partial charge in [-0.1, -0.05) is 41.9 Å². The molecule has 0 aliphatic carbocycles. The second kappa shape index (κ2) is 7.68. The van der Waals surface area contributed by atoms with Gasteiger partial charge in [0.15, 0.2) is 0 Å². The van der Waals surface area contributed by atoms with E-state index >= 15 is 0 Å². The number of hydrogen-bond acceptors (Lipinski definition) is 3. The number of nitrogens with zero attached hydrogens (tertiary/aromatic N) is 1. The van der Waals surface area contributed by atoms with Crippen LogP contribution in [0.15, 0.2) is 48.5 Å². The van der Waals surface area contributed by atoms with Crippen molar-refractivity contribution < 1.29 is 14.3 Å². The van der Waals surface area contributed by atoms with Gasteiger partial charge in [-0.05, 0) is 29.3 Å². The lowest BCUT2D eigenvalue weighted by molar-refractivity contribution is -0.127. The lowest BCUT2D eigenvalue weighted by Crippen LogP contribution is -2.49. The summed E-state index contributed by atoms with van der Waals surface area (Å²) in [7, 11) is 1.47. The number of benzene rings is 2. The highest BCUT2D eigenvalue weighted by atomic mass is 35.5. The van der Waals surface area contributed by atoms with Crippen molar-refractivity contribution in [3.63, 3.8) is 0 Å². The standard InChI is InChI=1S/C19H19ClN2O3/c1-25-12-18(23)22-16-5-3-2-4-14(16)10-17(22)19(24)21-11-13-6-8-15(20)9-7-13/h2-9,17H,10-12H2,1H3,(H,21,24). The van der Waals surface area contributed by atoms with Crippen molar-refractivity contribution >= 4 is 29.1 Å². The Morgan fingerprint density at radius 1 is 1.20 bits per heavy atom. The maximum Gasteiger partial charge on any atom is 0.253 e. The molecule has 1 N–H and O–H groups in total. The van der Waals surface area contributed by atoms with E-state index in [4.69, 9.17) is 16.3 Å². The van der Waals surface area contributed by atoms with Crippen molar-refractivity contribution in [2.75, 3.05) is 18.6 Å². The monoisotopic (exact) mass is 358 g/mol. The van der Waals surface area contributed by atoms with Crippen LogP contribution in [0.1, 0.15) is 11.1 Å². The number of methoxy groups -OCH3 is 1. The molecule has 1 heterocycles. The van der Waals surface area contributed by atoms with E-state index < -0.39 is 6.04 Å². The fourth-order valence-corrected chi connectivity index (χ4v) is 3.13. The summed E-state index contributed by atoms with van der Waals surface area (Å²) in [5.74, 6) is -0.408. The summed E-state index contributed by atoms with van der Waals surface area (Å²) in [6.45, 7) is 0.324. The molecule has 25 heavy (non-hydrogen) atoms.